The molecule has 0 heterocycles. The average Bonchev–Trinajstić information content (AvgIpc) is 2.16. The molecular formula is C10H12BrNO3. The number of benzene rings is 1. The van der Waals surface area contributed by atoms with Gasteiger partial charge in [0, 0.05) is 10.5 Å². The van der Waals surface area contributed by atoms with Crippen LogP contribution in [0, 0.1) is 0 Å². The zero-order chi connectivity index (χ0) is 11.4. The number of hydrogen-bond donors (Lipinski definition) is 2. The Labute approximate surface area is 96.2 Å². The Morgan fingerprint density at radius 1 is 1.67 bits per heavy atom. The number of halogens is 1. The van der Waals surface area contributed by atoms with Crippen LogP contribution in [0.15, 0.2) is 22.7 Å². The predicted molar refractivity (Wildman–Crippen MR) is 59.9 cm³/mol. The Kier molecular flexibility index (Phi) is 4.11. The van der Waals surface area contributed by atoms with Gasteiger partial charge >= 0.3 is 5.97 Å². The van der Waals surface area contributed by atoms with Gasteiger partial charge in [-0.2, -0.15) is 0 Å². The molecule has 0 radical (unpaired) electrons. The predicted octanol–water partition coefficient (Wildman–Crippen LogP) is 1.93. The van der Waals surface area contributed by atoms with Crippen LogP contribution in [0.2, 0.25) is 0 Å². The van der Waals surface area contributed by atoms with E-state index < -0.39 is 12.0 Å². The zero-order valence-electron chi connectivity index (χ0n) is 8.24. The normalized spacial score (nSPS) is 12.2. The lowest BCUT2D eigenvalue weighted by molar-refractivity contribution is -0.137. The van der Waals surface area contributed by atoms with E-state index in [9.17, 15) is 4.79 Å². The van der Waals surface area contributed by atoms with Gasteiger partial charge in [0.05, 0.1) is 13.5 Å². The highest BCUT2D eigenvalue weighted by Crippen LogP contribution is 2.27. The zero-order valence-corrected chi connectivity index (χ0v) is 9.82. The molecule has 4 nitrogen and oxygen atoms in total. The SMILES string of the molecule is COc1ccc(C(N)CC(=O)O)c(Br)c1. The van der Waals surface area contributed by atoms with Crippen LogP contribution in [0.5, 0.6) is 5.75 Å². The van der Waals surface area contributed by atoms with Gasteiger partial charge < -0.3 is 15.6 Å². The molecule has 3 N–H and O–H groups in total. The highest BCUT2D eigenvalue weighted by atomic mass is 79.9. The Balaban J connectivity index is 2.90. The number of rotatable bonds is 4. The minimum Gasteiger partial charge on any atom is -0.497 e. The summed E-state index contributed by atoms with van der Waals surface area (Å²) < 4.78 is 5.78. The van der Waals surface area contributed by atoms with E-state index in [2.05, 4.69) is 15.9 Å². The standard InChI is InChI=1S/C10H12BrNO3/c1-15-6-2-3-7(8(11)4-6)9(12)5-10(13)14/h2-4,9H,5,12H2,1H3,(H,13,14). The van der Waals surface area contributed by atoms with E-state index >= 15 is 0 Å². The van der Waals surface area contributed by atoms with Crippen molar-refractivity contribution >= 4 is 21.9 Å². The van der Waals surface area contributed by atoms with E-state index in [-0.39, 0.29) is 6.42 Å². The highest BCUT2D eigenvalue weighted by Gasteiger charge is 2.13. The average molecular weight is 274 g/mol. The third kappa shape index (κ3) is 3.21. The molecule has 0 saturated heterocycles. The van der Waals surface area contributed by atoms with Crippen LogP contribution in [-0.4, -0.2) is 18.2 Å². The van der Waals surface area contributed by atoms with Gasteiger partial charge in [0.25, 0.3) is 0 Å². The molecule has 5 heteroatoms. The van der Waals surface area contributed by atoms with Gasteiger partial charge in [-0.3, -0.25) is 4.79 Å². The maximum atomic E-state index is 10.5. The number of hydrogen-bond acceptors (Lipinski definition) is 3. The van der Waals surface area contributed by atoms with Gasteiger partial charge in [0.15, 0.2) is 0 Å². The lowest BCUT2D eigenvalue weighted by atomic mass is 10.0. The monoisotopic (exact) mass is 273 g/mol. The van der Waals surface area contributed by atoms with Crippen molar-refractivity contribution in [2.45, 2.75) is 12.5 Å². The summed E-state index contributed by atoms with van der Waals surface area (Å²) in [6.07, 6.45) is -0.0923. The summed E-state index contributed by atoms with van der Waals surface area (Å²) in [6, 6.07) is 4.76. The molecule has 0 bridgehead atoms. The summed E-state index contributed by atoms with van der Waals surface area (Å²) in [4.78, 5) is 10.5. The van der Waals surface area contributed by atoms with E-state index in [0.29, 0.717) is 5.75 Å². The van der Waals surface area contributed by atoms with Gasteiger partial charge in [-0.15, -0.1) is 0 Å². The number of nitrogens with two attached hydrogens (primary N) is 1. The van der Waals surface area contributed by atoms with E-state index in [1.54, 1.807) is 25.3 Å². The highest BCUT2D eigenvalue weighted by molar-refractivity contribution is 9.10. The lowest BCUT2D eigenvalue weighted by Gasteiger charge is -2.12. The second kappa shape index (κ2) is 5.14. The smallest absolute Gasteiger partial charge is 0.305 e. The van der Waals surface area contributed by atoms with Crippen LogP contribution in [-0.2, 0) is 4.79 Å². The van der Waals surface area contributed by atoms with Crippen molar-refractivity contribution in [3.63, 3.8) is 0 Å². The molecule has 0 aromatic heterocycles. The second-order valence-corrected chi connectivity index (χ2v) is 3.95. The van der Waals surface area contributed by atoms with Crippen LogP contribution in [0.25, 0.3) is 0 Å². The van der Waals surface area contributed by atoms with Crippen molar-refractivity contribution in [3.8, 4) is 5.75 Å². The minimum atomic E-state index is -0.912. The van der Waals surface area contributed by atoms with Gasteiger partial charge in [-0.05, 0) is 17.7 Å². The fourth-order valence-corrected chi connectivity index (χ4v) is 1.89. The molecule has 0 aliphatic heterocycles. The molecule has 0 fully saturated rings. The van der Waals surface area contributed by atoms with Crippen LogP contribution in [0.1, 0.15) is 18.0 Å². The Bertz CT molecular complexity index is 368. The first-order chi connectivity index (χ1) is 7.04. The number of aliphatic carboxylic acids is 1. The number of carboxylic acids is 1. The number of carbonyl (C=O) groups is 1. The molecule has 0 aliphatic rings. The van der Waals surface area contributed by atoms with Gasteiger partial charge in [-0.1, -0.05) is 22.0 Å². The quantitative estimate of drug-likeness (QED) is 0.880. The summed E-state index contributed by atoms with van der Waals surface area (Å²) in [6.45, 7) is 0. The first kappa shape index (κ1) is 12.0. The molecule has 1 aromatic carbocycles. The molecule has 0 saturated carbocycles. The number of ether oxygens (including phenoxy) is 1. The Morgan fingerprint density at radius 3 is 2.80 bits per heavy atom. The third-order valence-corrected chi connectivity index (χ3v) is 2.69. The molecule has 1 aromatic rings. The fourth-order valence-electron chi connectivity index (χ4n) is 1.23. The van der Waals surface area contributed by atoms with Crippen LogP contribution in [0.3, 0.4) is 0 Å². The maximum Gasteiger partial charge on any atom is 0.305 e. The molecule has 0 amide bonds. The van der Waals surface area contributed by atoms with Crippen molar-refractivity contribution in [2.24, 2.45) is 5.73 Å². The lowest BCUT2D eigenvalue weighted by Crippen LogP contribution is -2.15. The number of carboxylic acid groups (broad SMARTS) is 1. The van der Waals surface area contributed by atoms with Crippen molar-refractivity contribution < 1.29 is 14.6 Å². The molecule has 0 aliphatic carbocycles. The van der Waals surface area contributed by atoms with E-state index in [4.69, 9.17) is 15.6 Å². The van der Waals surface area contributed by atoms with Crippen LogP contribution < -0.4 is 10.5 Å². The second-order valence-electron chi connectivity index (χ2n) is 3.09. The summed E-state index contributed by atoms with van der Waals surface area (Å²) in [5.41, 5.74) is 6.50. The van der Waals surface area contributed by atoms with Gasteiger partial charge in [0.1, 0.15) is 5.75 Å². The molecule has 1 rings (SSSR count). The minimum absolute atomic E-state index is 0.0923. The van der Waals surface area contributed by atoms with E-state index in [0.717, 1.165) is 10.0 Å². The summed E-state index contributed by atoms with van der Waals surface area (Å²) in [7, 11) is 1.57. The Morgan fingerprint density at radius 2 is 2.33 bits per heavy atom. The molecule has 0 spiro atoms. The van der Waals surface area contributed by atoms with Crippen molar-refractivity contribution in [2.75, 3.05) is 7.11 Å². The van der Waals surface area contributed by atoms with Crippen LogP contribution in [0.4, 0.5) is 0 Å². The summed E-state index contributed by atoms with van der Waals surface area (Å²) in [5, 5.41) is 8.62. The Hall–Kier alpha value is -1.07. The van der Waals surface area contributed by atoms with Crippen LogP contribution >= 0.6 is 15.9 Å². The van der Waals surface area contributed by atoms with Gasteiger partial charge in [-0.25, -0.2) is 0 Å². The van der Waals surface area contributed by atoms with Crippen molar-refractivity contribution in [1.82, 2.24) is 0 Å². The largest absolute Gasteiger partial charge is 0.497 e. The summed E-state index contributed by atoms with van der Waals surface area (Å²) in [5.74, 6) is -0.210. The molecule has 1 unspecified atom stereocenters. The molecule has 1 atom stereocenters. The molecular weight excluding hydrogens is 262 g/mol. The van der Waals surface area contributed by atoms with E-state index in [1.165, 1.54) is 0 Å². The first-order valence-electron chi connectivity index (χ1n) is 4.35. The van der Waals surface area contributed by atoms with Crippen molar-refractivity contribution in [1.29, 1.82) is 0 Å². The summed E-state index contributed by atoms with van der Waals surface area (Å²) >= 11 is 3.33. The third-order valence-electron chi connectivity index (χ3n) is 2.00. The number of methoxy groups -OCH3 is 1. The van der Waals surface area contributed by atoms with Gasteiger partial charge in [0.2, 0.25) is 0 Å². The topological polar surface area (TPSA) is 72.5 Å². The molecule has 82 valence electrons. The van der Waals surface area contributed by atoms with E-state index in [1.807, 2.05) is 0 Å². The maximum absolute atomic E-state index is 10.5. The fraction of sp³-hybridized carbons (Fsp3) is 0.300. The molecule has 15 heavy (non-hydrogen) atoms. The first-order valence-corrected chi connectivity index (χ1v) is 5.14. The van der Waals surface area contributed by atoms with Crippen molar-refractivity contribution in [3.05, 3.63) is 28.2 Å².